The highest BCUT2D eigenvalue weighted by molar-refractivity contribution is 5.97. The molecule has 1 atom stereocenters. The lowest BCUT2D eigenvalue weighted by Gasteiger charge is -2.15. The number of pyridine rings is 1. The zero-order valence-electron chi connectivity index (χ0n) is 14.9. The molecule has 0 saturated carbocycles. The van der Waals surface area contributed by atoms with Crippen molar-refractivity contribution >= 4 is 16.8 Å². The van der Waals surface area contributed by atoms with Crippen LogP contribution in [0, 0.1) is 5.92 Å². The molecule has 0 spiro atoms. The molecule has 1 aliphatic rings. The summed E-state index contributed by atoms with van der Waals surface area (Å²) in [7, 11) is 1.94. The molecule has 3 heterocycles. The predicted molar refractivity (Wildman–Crippen MR) is 101 cm³/mol. The molecule has 0 bridgehead atoms. The summed E-state index contributed by atoms with van der Waals surface area (Å²) in [4.78, 5) is 19.2. The summed E-state index contributed by atoms with van der Waals surface area (Å²) in [6.45, 7) is 3.69. The van der Waals surface area contributed by atoms with E-state index in [1.807, 2.05) is 48.3 Å². The second-order valence-corrected chi connectivity index (χ2v) is 7.04. The standard InChI is InChI=1S/C20H23N5O/c1-24-12-16(10-23-24)14-25-7-6-15(13-25)9-22-20(26)18-8-17-4-2-3-5-19(17)21-11-18/h2-5,8,10-12,15H,6-7,9,13-14H2,1H3,(H,22,26)/t15-/m0/s1. The lowest BCUT2D eigenvalue weighted by molar-refractivity contribution is 0.0947. The van der Waals surface area contributed by atoms with Crippen molar-refractivity contribution in [1.82, 2.24) is 25.0 Å². The van der Waals surface area contributed by atoms with Crippen LogP contribution in [0.1, 0.15) is 22.3 Å². The third kappa shape index (κ3) is 3.75. The quantitative estimate of drug-likeness (QED) is 0.767. The lowest BCUT2D eigenvalue weighted by Crippen LogP contribution is -2.31. The second-order valence-electron chi connectivity index (χ2n) is 7.04. The number of para-hydroxylation sites is 1. The minimum absolute atomic E-state index is 0.0473. The number of aromatic nitrogens is 3. The number of nitrogens with one attached hydrogen (secondary N) is 1. The number of carbonyl (C=O) groups is 1. The van der Waals surface area contributed by atoms with Crippen LogP contribution in [0.5, 0.6) is 0 Å². The number of hydrogen-bond donors (Lipinski definition) is 1. The molecule has 3 aromatic rings. The average Bonchev–Trinajstić information content (AvgIpc) is 3.28. The molecule has 134 valence electrons. The molecule has 1 N–H and O–H groups in total. The highest BCUT2D eigenvalue weighted by Crippen LogP contribution is 2.18. The van der Waals surface area contributed by atoms with Gasteiger partial charge in [-0.3, -0.25) is 19.4 Å². The summed E-state index contributed by atoms with van der Waals surface area (Å²) in [6, 6.07) is 9.74. The van der Waals surface area contributed by atoms with Crippen LogP contribution in [-0.4, -0.2) is 45.2 Å². The Kier molecular flexibility index (Phi) is 4.67. The molecule has 6 heteroatoms. The van der Waals surface area contributed by atoms with Crippen LogP contribution in [0.15, 0.2) is 48.9 Å². The number of carbonyl (C=O) groups excluding carboxylic acids is 1. The number of amides is 1. The molecule has 0 unspecified atom stereocenters. The molecular weight excluding hydrogens is 326 g/mol. The Morgan fingerprint density at radius 3 is 3.04 bits per heavy atom. The number of likely N-dealkylation sites (tertiary alicyclic amines) is 1. The van der Waals surface area contributed by atoms with Crippen LogP contribution in [0.25, 0.3) is 10.9 Å². The molecule has 26 heavy (non-hydrogen) atoms. The average molecular weight is 349 g/mol. The highest BCUT2D eigenvalue weighted by Gasteiger charge is 2.23. The van der Waals surface area contributed by atoms with Crippen molar-refractivity contribution in [3.05, 3.63) is 60.0 Å². The maximum Gasteiger partial charge on any atom is 0.252 e. The molecule has 0 aliphatic carbocycles. The van der Waals surface area contributed by atoms with Crippen molar-refractivity contribution in [2.75, 3.05) is 19.6 Å². The highest BCUT2D eigenvalue weighted by atomic mass is 16.1. The van der Waals surface area contributed by atoms with Crippen LogP contribution in [0.3, 0.4) is 0 Å². The second kappa shape index (κ2) is 7.25. The molecule has 1 fully saturated rings. The van der Waals surface area contributed by atoms with Crippen LogP contribution >= 0.6 is 0 Å². The Balaban J connectivity index is 1.30. The van der Waals surface area contributed by atoms with Gasteiger partial charge in [-0.1, -0.05) is 18.2 Å². The minimum Gasteiger partial charge on any atom is -0.352 e. The van der Waals surface area contributed by atoms with E-state index in [1.165, 1.54) is 5.56 Å². The molecule has 2 aromatic heterocycles. The van der Waals surface area contributed by atoms with Crippen molar-refractivity contribution in [2.45, 2.75) is 13.0 Å². The van der Waals surface area contributed by atoms with E-state index in [4.69, 9.17) is 0 Å². The Morgan fingerprint density at radius 1 is 1.31 bits per heavy atom. The van der Waals surface area contributed by atoms with Gasteiger partial charge in [0.2, 0.25) is 0 Å². The number of aryl methyl sites for hydroxylation is 1. The van der Waals surface area contributed by atoms with E-state index in [0.717, 1.165) is 37.0 Å². The fraction of sp³-hybridized carbons (Fsp3) is 0.350. The van der Waals surface area contributed by atoms with Gasteiger partial charge in [-0.2, -0.15) is 5.10 Å². The number of hydrogen-bond acceptors (Lipinski definition) is 4. The summed E-state index contributed by atoms with van der Waals surface area (Å²) in [6.07, 6.45) is 6.74. The fourth-order valence-electron chi connectivity index (χ4n) is 3.57. The monoisotopic (exact) mass is 349 g/mol. The number of fused-ring (bicyclic) bond motifs is 1. The van der Waals surface area contributed by atoms with Crippen molar-refractivity contribution in [1.29, 1.82) is 0 Å². The summed E-state index contributed by atoms with van der Waals surface area (Å²) in [5.74, 6) is 0.443. The predicted octanol–water partition coefficient (Wildman–Crippen LogP) is 2.22. The molecule has 6 nitrogen and oxygen atoms in total. The molecule has 4 rings (SSSR count). The molecule has 1 amide bonds. The molecular formula is C20H23N5O. The van der Waals surface area contributed by atoms with Crippen molar-refractivity contribution < 1.29 is 4.79 Å². The maximum atomic E-state index is 12.4. The van der Waals surface area contributed by atoms with Gasteiger partial charge >= 0.3 is 0 Å². The van der Waals surface area contributed by atoms with E-state index in [0.29, 0.717) is 18.0 Å². The van der Waals surface area contributed by atoms with E-state index < -0.39 is 0 Å². The first kappa shape index (κ1) is 16.7. The van der Waals surface area contributed by atoms with Gasteiger partial charge in [-0.15, -0.1) is 0 Å². The van der Waals surface area contributed by atoms with Crippen molar-refractivity contribution in [3.8, 4) is 0 Å². The Bertz CT molecular complexity index is 919. The SMILES string of the molecule is Cn1cc(CN2CC[C@@H](CNC(=O)c3cnc4ccccc4c3)C2)cn1. The first-order valence-electron chi connectivity index (χ1n) is 9.00. The van der Waals surface area contributed by atoms with Gasteiger partial charge in [-0.05, 0) is 31.0 Å². The number of rotatable bonds is 5. The van der Waals surface area contributed by atoms with E-state index >= 15 is 0 Å². The van der Waals surface area contributed by atoms with Gasteiger partial charge in [0, 0.05) is 50.0 Å². The Morgan fingerprint density at radius 2 is 2.19 bits per heavy atom. The van der Waals surface area contributed by atoms with Gasteiger partial charge in [0.05, 0.1) is 17.3 Å². The Hall–Kier alpha value is -2.73. The zero-order chi connectivity index (χ0) is 17.9. The van der Waals surface area contributed by atoms with Crippen LogP contribution < -0.4 is 5.32 Å². The van der Waals surface area contributed by atoms with Gasteiger partial charge in [0.15, 0.2) is 0 Å². The van der Waals surface area contributed by atoms with Gasteiger partial charge < -0.3 is 5.32 Å². The molecule has 1 saturated heterocycles. The van der Waals surface area contributed by atoms with Crippen LogP contribution in [0.4, 0.5) is 0 Å². The maximum absolute atomic E-state index is 12.4. The first-order chi connectivity index (χ1) is 12.7. The minimum atomic E-state index is -0.0473. The lowest BCUT2D eigenvalue weighted by atomic mass is 10.1. The van der Waals surface area contributed by atoms with E-state index in [2.05, 4.69) is 26.5 Å². The van der Waals surface area contributed by atoms with Crippen LogP contribution in [-0.2, 0) is 13.6 Å². The summed E-state index contributed by atoms with van der Waals surface area (Å²) in [5, 5.41) is 8.28. The third-order valence-electron chi connectivity index (χ3n) is 4.94. The largest absolute Gasteiger partial charge is 0.352 e. The van der Waals surface area contributed by atoms with Crippen molar-refractivity contribution in [2.24, 2.45) is 13.0 Å². The van der Waals surface area contributed by atoms with Gasteiger partial charge in [0.25, 0.3) is 5.91 Å². The summed E-state index contributed by atoms with van der Waals surface area (Å²) >= 11 is 0. The number of nitrogens with zero attached hydrogens (tertiary/aromatic N) is 4. The zero-order valence-corrected chi connectivity index (χ0v) is 14.9. The van der Waals surface area contributed by atoms with Gasteiger partial charge in [-0.25, -0.2) is 0 Å². The van der Waals surface area contributed by atoms with Crippen LogP contribution in [0.2, 0.25) is 0 Å². The smallest absolute Gasteiger partial charge is 0.252 e. The number of benzene rings is 1. The molecule has 1 aromatic carbocycles. The van der Waals surface area contributed by atoms with Crippen molar-refractivity contribution in [3.63, 3.8) is 0 Å². The topological polar surface area (TPSA) is 63.0 Å². The fourth-order valence-corrected chi connectivity index (χ4v) is 3.57. The van der Waals surface area contributed by atoms with E-state index in [-0.39, 0.29) is 5.91 Å². The normalized spacial score (nSPS) is 17.7. The van der Waals surface area contributed by atoms with E-state index in [1.54, 1.807) is 6.20 Å². The molecule has 0 radical (unpaired) electrons. The summed E-state index contributed by atoms with van der Waals surface area (Å²) in [5.41, 5.74) is 2.76. The third-order valence-corrected chi connectivity index (χ3v) is 4.94. The summed E-state index contributed by atoms with van der Waals surface area (Å²) < 4.78 is 1.83. The first-order valence-corrected chi connectivity index (χ1v) is 9.00. The van der Waals surface area contributed by atoms with Gasteiger partial charge in [0.1, 0.15) is 0 Å². The Labute approximate surface area is 152 Å². The van der Waals surface area contributed by atoms with E-state index in [9.17, 15) is 4.79 Å². The molecule has 1 aliphatic heterocycles.